The lowest BCUT2D eigenvalue weighted by atomic mass is 10.0. The summed E-state index contributed by atoms with van der Waals surface area (Å²) in [7, 11) is 0. The molecule has 188 valence electrons. The Morgan fingerprint density at radius 3 is 2.76 bits per heavy atom. The first kappa shape index (κ1) is 23.2. The molecule has 38 heavy (non-hydrogen) atoms. The van der Waals surface area contributed by atoms with Gasteiger partial charge in [0.2, 0.25) is 0 Å². The van der Waals surface area contributed by atoms with E-state index in [2.05, 4.69) is 55.9 Å². The molecule has 0 saturated carbocycles. The molecule has 1 amide bonds. The number of hydrogen-bond donors (Lipinski definition) is 5. The normalized spacial score (nSPS) is 11.3. The van der Waals surface area contributed by atoms with Crippen molar-refractivity contribution in [2.45, 2.75) is 12.8 Å². The first-order valence-electron chi connectivity index (χ1n) is 12.3. The molecule has 0 bridgehead atoms. The van der Waals surface area contributed by atoms with Crippen LogP contribution in [0.2, 0.25) is 0 Å². The van der Waals surface area contributed by atoms with Crippen molar-refractivity contribution in [3.05, 3.63) is 108 Å². The molecule has 6 aromatic rings. The molecule has 0 saturated heterocycles. The number of aromatic nitrogens is 4. The summed E-state index contributed by atoms with van der Waals surface area (Å²) in [4.78, 5) is 25.5. The number of carbonyl (C=O) groups excluding carboxylic acids is 1. The van der Waals surface area contributed by atoms with Crippen molar-refractivity contribution in [1.82, 2.24) is 24.7 Å². The Kier molecular flexibility index (Phi) is 5.93. The summed E-state index contributed by atoms with van der Waals surface area (Å²) < 4.78 is 1.87. The summed E-state index contributed by atoms with van der Waals surface area (Å²) in [6, 6.07) is 23.8. The zero-order chi connectivity index (χ0) is 26.1. The van der Waals surface area contributed by atoms with E-state index in [0.29, 0.717) is 24.2 Å². The summed E-state index contributed by atoms with van der Waals surface area (Å²) in [5.41, 5.74) is 11.2. The molecule has 0 unspecified atom stereocenters. The molecule has 3 heterocycles. The van der Waals surface area contributed by atoms with E-state index < -0.39 is 0 Å². The van der Waals surface area contributed by atoms with E-state index in [1.54, 1.807) is 12.3 Å². The summed E-state index contributed by atoms with van der Waals surface area (Å²) in [6.07, 6.45) is 4.99. The van der Waals surface area contributed by atoms with Gasteiger partial charge in [-0.3, -0.25) is 10.2 Å². The van der Waals surface area contributed by atoms with Gasteiger partial charge in [0.25, 0.3) is 5.91 Å². The summed E-state index contributed by atoms with van der Waals surface area (Å²) in [5.74, 6) is 0.534. The van der Waals surface area contributed by atoms with Crippen LogP contribution in [0.3, 0.4) is 0 Å². The minimum Gasteiger partial charge on any atom is -0.370 e. The lowest BCUT2D eigenvalue weighted by molar-refractivity contribution is 0.0953. The fourth-order valence-corrected chi connectivity index (χ4v) is 4.73. The van der Waals surface area contributed by atoms with Crippen LogP contribution < -0.4 is 16.4 Å². The van der Waals surface area contributed by atoms with Crippen LogP contribution in [0.1, 0.15) is 27.4 Å². The number of benzene rings is 3. The Bertz CT molecular complexity index is 1810. The monoisotopic (exact) mass is 502 g/mol. The molecule has 0 fully saturated rings. The van der Waals surface area contributed by atoms with Gasteiger partial charge in [-0.15, -0.1) is 0 Å². The third-order valence-electron chi connectivity index (χ3n) is 6.48. The van der Waals surface area contributed by atoms with Crippen LogP contribution in [-0.2, 0) is 12.8 Å². The average molecular weight is 503 g/mol. The van der Waals surface area contributed by atoms with E-state index in [9.17, 15) is 4.79 Å². The van der Waals surface area contributed by atoms with Gasteiger partial charge >= 0.3 is 0 Å². The number of guanidine groups is 1. The maximum absolute atomic E-state index is 12.8. The van der Waals surface area contributed by atoms with Crippen molar-refractivity contribution < 1.29 is 4.79 Å². The quantitative estimate of drug-likeness (QED) is 0.164. The second kappa shape index (κ2) is 9.70. The molecule has 9 nitrogen and oxygen atoms in total. The molecule has 3 aromatic heterocycles. The van der Waals surface area contributed by atoms with Crippen LogP contribution >= 0.6 is 0 Å². The average Bonchev–Trinajstić information content (AvgIpc) is 3.50. The van der Waals surface area contributed by atoms with Gasteiger partial charge in [-0.05, 0) is 53.1 Å². The number of H-pyrrole nitrogens is 1. The van der Waals surface area contributed by atoms with E-state index in [0.717, 1.165) is 34.6 Å². The maximum Gasteiger partial charge on any atom is 0.252 e. The van der Waals surface area contributed by atoms with Crippen LogP contribution in [0.15, 0.2) is 85.2 Å². The molecular formula is C29H26N8O. The first-order chi connectivity index (χ1) is 18.5. The van der Waals surface area contributed by atoms with Crippen LogP contribution in [0, 0.1) is 5.41 Å². The highest BCUT2D eigenvalue weighted by molar-refractivity contribution is 5.94. The number of carbonyl (C=O) groups is 1. The van der Waals surface area contributed by atoms with Gasteiger partial charge in [0, 0.05) is 31.0 Å². The SMILES string of the molecule is N=C(N)Nc1ccc2[nH]c(Cc3cn4cc(C(=O)NCCc5cccc6ccccc56)ccc4n3)nc2c1. The van der Waals surface area contributed by atoms with Crippen LogP contribution in [-0.4, -0.2) is 37.8 Å². The molecule has 6 N–H and O–H groups in total. The molecule has 0 aliphatic carbocycles. The van der Waals surface area contributed by atoms with E-state index in [1.807, 2.05) is 47.0 Å². The molecule has 6 rings (SSSR count). The highest BCUT2D eigenvalue weighted by atomic mass is 16.1. The topological polar surface area (TPSA) is 137 Å². The number of anilines is 1. The van der Waals surface area contributed by atoms with Gasteiger partial charge in [0.1, 0.15) is 11.5 Å². The van der Waals surface area contributed by atoms with Gasteiger partial charge in [-0.25, -0.2) is 9.97 Å². The molecule has 0 radical (unpaired) electrons. The van der Waals surface area contributed by atoms with Crippen molar-refractivity contribution >= 4 is 45.0 Å². The predicted octanol–water partition coefficient (Wildman–Crippen LogP) is 4.23. The minimum absolute atomic E-state index is 0.116. The zero-order valence-electron chi connectivity index (χ0n) is 20.5. The molecule has 0 aliphatic rings. The fourth-order valence-electron chi connectivity index (χ4n) is 4.73. The molecular weight excluding hydrogens is 476 g/mol. The molecule has 0 atom stereocenters. The maximum atomic E-state index is 12.8. The van der Waals surface area contributed by atoms with E-state index in [-0.39, 0.29) is 11.9 Å². The predicted molar refractivity (Wildman–Crippen MR) is 150 cm³/mol. The Hall–Kier alpha value is -5.18. The standard InChI is InChI=1S/C29H26N8O/c30-29(31)34-21-9-10-24-25(14-21)36-26(35-24)15-22-17-37-16-20(8-11-27(37)33-22)28(38)32-13-12-19-6-3-5-18-4-1-2-7-23(18)19/h1-11,14,16-17H,12-13,15H2,(H,32,38)(H,35,36)(H4,30,31,34). The second-order valence-corrected chi connectivity index (χ2v) is 9.19. The number of hydrogen-bond acceptors (Lipinski definition) is 4. The highest BCUT2D eigenvalue weighted by Crippen LogP contribution is 2.20. The van der Waals surface area contributed by atoms with Gasteiger partial charge in [0.05, 0.1) is 22.3 Å². The molecule has 0 aliphatic heterocycles. The largest absolute Gasteiger partial charge is 0.370 e. The van der Waals surface area contributed by atoms with Gasteiger partial charge in [-0.2, -0.15) is 0 Å². The second-order valence-electron chi connectivity index (χ2n) is 9.19. The number of pyridine rings is 1. The Labute approximate surface area is 218 Å². The van der Waals surface area contributed by atoms with Crippen molar-refractivity contribution in [2.75, 3.05) is 11.9 Å². The lowest BCUT2D eigenvalue weighted by Crippen LogP contribution is -2.26. The highest BCUT2D eigenvalue weighted by Gasteiger charge is 2.11. The number of nitrogens with one attached hydrogen (secondary N) is 4. The third kappa shape index (κ3) is 4.77. The summed E-state index contributed by atoms with van der Waals surface area (Å²) in [5, 5.41) is 15.6. The zero-order valence-corrected chi connectivity index (χ0v) is 20.5. The number of imidazole rings is 2. The summed E-state index contributed by atoms with van der Waals surface area (Å²) in [6.45, 7) is 0.551. The third-order valence-corrected chi connectivity index (χ3v) is 6.48. The number of nitrogens with zero attached hydrogens (tertiary/aromatic N) is 3. The van der Waals surface area contributed by atoms with Crippen LogP contribution in [0.25, 0.3) is 27.5 Å². The van der Waals surface area contributed by atoms with Crippen molar-refractivity contribution in [3.63, 3.8) is 0 Å². The van der Waals surface area contributed by atoms with Crippen LogP contribution in [0.5, 0.6) is 0 Å². The van der Waals surface area contributed by atoms with E-state index in [4.69, 9.17) is 11.1 Å². The van der Waals surface area contributed by atoms with E-state index in [1.165, 1.54) is 16.3 Å². The Morgan fingerprint density at radius 1 is 1.00 bits per heavy atom. The van der Waals surface area contributed by atoms with Crippen LogP contribution in [0.4, 0.5) is 5.69 Å². The number of nitrogens with two attached hydrogens (primary N) is 1. The van der Waals surface area contributed by atoms with Crippen molar-refractivity contribution in [2.24, 2.45) is 5.73 Å². The van der Waals surface area contributed by atoms with Crippen molar-refractivity contribution in [3.8, 4) is 0 Å². The Balaban J connectivity index is 1.13. The Morgan fingerprint density at radius 2 is 1.87 bits per heavy atom. The smallest absolute Gasteiger partial charge is 0.252 e. The number of rotatable bonds is 7. The molecule has 9 heteroatoms. The minimum atomic E-state index is -0.123. The van der Waals surface area contributed by atoms with E-state index >= 15 is 0 Å². The van der Waals surface area contributed by atoms with Gasteiger partial charge < -0.3 is 25.8 Å². The number of fused-ring (bicyclic) bond motifs is 3. The van der Waals surface area contributed by atoms with Gasteiger partial charge in [-0.1, -0.05) is 42.5 Å². The fraction of sp³-hybridized carbons (Fsp3) is 0.103. The van der Waals surface area contributed by atoms with Crippen molar-refractivity contribution in [1.29, 1.82) is 5.41 Å². The number of amides is 1. The molecule has 0 spiro atoms. The first-order valence-corrected chi connectivity index (χ1v) is 12.3. The summed E-state index contributed by atoms with van der Waals surface area (Å²) >= 11 is 0. The lowest BCUT2D eigenvalue weighted by Gasteiger charge is -2.08. The number of aromatic amines is 1. The molecule has 3 aromatic carbocycles. The van der Waals surface area contributed by atoms with Gasteiger partial charge in [0.15, 0.2) is 5.96 Å².